The average Bonchev–Trinajstić information content (AvgIpc) is 3.19. The molecule has 4 rings (SSSR count). The molecule has 2 aromatic carbocycles. The number of nitrogens with zero attached hydrogens (tertiary/aromatic N) is 4. The predicted molar refractivity (Wildman–Crippen MR) is 101 cm³/mol. The van der Waals surface area contributed by atoms with Gasteiger partial charge in [-0.1, -0.05) is 47.7 Å². The number of amides is 1. The average molecular weight is 362 g/mol. The third kappa shape index (κ3) is 4.34. The van der Waals surface area contributed by atoms with Crippen LogP contribution in [-0.4, -0.2) is 38.9 Å². The van der Waals surface area contributed by atoms with Crippen molar-refractivity contribution in [3.8, 4) is 5.75 Å². The lowest BCUT2D eigenvalue weighted by Gasteiger charge is -2.38. The van der Waals surface area contributed by atoms with Crippen LogP contribution >= 0.6 is 0 Å². The second-order valence-corrected chi connectivity index (χ2v) is 6.75. The standard InChI is InChI=1S/C21H22N4O2/c26-21(24-14-19(15-24)25-13-12-22-23-25)11-8-17-6-9-20(10-7-17)27-16-18-4-2-1-3-5-18/h1-7,9-10,12-13,19H,8,11,14-16H2. The number of hydrogen-bond donors (Lipinski definition) is 0. The summed E-state index contributed by atoms with van der Waals surface area (Å²) >= 11 is 0. The number of aromatic nitrogens is 3. The highest BCUT2D eigenvalue weighted by Gasteiger charge is 2.31. The minimum absolute atomic E-state index is 0.191. The van der Waals surface area contributed by atoms with E-state index < -0.39 is 0 Å². The first-order valence-electron chi connectivity index (χ1n) is 9.17. The normalized spacial score (nSPS) is 14.0. The van der Waals surface area contributed by atoms with Crippen LogP contribution in [0, 0.1) is 0 Å². The van der Waals surface area contributed by atoms with Gasteiger partial charge in [0.1, 0.15) is 12.4 Å². The molecule has 1 aromatic heterocycles. The van der Waals surface area contributed by atoms with Crippen molar-refractivity contribution in [1.82, 2.24) is 19.9 Å². The fourth-order valence-electron chi connectivity index (χ4n) is 3.14. The summed E-state index contributed by atoms with van der Waals surface area (Å²) in [7, 11) is 0. The Morgan fingerprint density at radius 1 is 1.04 bits per heavy atom. The van der Waals surface area contributed by atoms with Crippen LogP contribution < -0.4 is 4.74 Å². The predicted octanol–water partition coefficient (Wildman–Crippen LogP) is 2.87. The Morgan fingerprint density at radius 2 is 1.81 bits per heavy atom. The van der Waals surface area contributed by atoms with E-state index in [-0.39, 0.29) is 11.9 Å². The van der Waals surface area contributed by atoms with Gasteiger partial charge >= 0.3 is 0 Å². The molecule has 27 heavy (non-hydrogen) atoms. The molecule has 138 valence electrons. The molecule has 0 radical (unpaired) electrons. The first kappa shape index (κ1) is 17.3. The summed E-state index contributed by atoms with van der Waals surface area (Å²) in [5.41, 5.74) is 2.29. The van der Waals surface area contributed by atoms with Gasteiger partial charge in [0.25, 0.3) is 0 Å². The van der Waals surface area contributed by atoms with Gasteiger partial charge in [-0.2, -0.15) is 0 Å². The Bertz CT molecular complexity index is 857. The number of carbonyl (C=O) groups excluding carboxylic acids is 1. The molecule has 0 bridgehead atoms. The lowest BCUT2D eigenvalue weighted by atomic mass is 10.1. The maximum Gasteiger partial charge on any atom is 0.223 e. The largest absolute Gasteiger partial charge is 0.489 e. The molecule has 0 spiro atoms. The number of benzene rings is 2. The van der Waals surface area contributed by atoms with E-state index in [1.165, 1.54) is 0 Å². The van der Waals surface area contributed by atoms with Crippen LogP contribution in [0.25, 0.3) is 0 Å². The molecule has 6 nitrogen and oxygen atoms in total. The van der Waals surface area contributed by atoms with Crippen LogP contribution in [0.4, 0.5) is 0 Å². The van der Waals surface area contributed by atoms with Gasteiger partial charge in [-0.15, -0.1) is 5.10 Å². The third-order valence-electron chi connectivity index (χ3n) is 4.83. The summed E-state index contributed by atoms with van der Waals surface area (Å²) in [6.45, 7) is 1.99. The molecule has 1 aliphatic heterocycles. The summed E-state index contributed by atoms with van der Waals surface area (Å²) in [5, 5.41) is 7.79. The highest BCUT2D eigenvalue weighted by atomic mass is 16.5. The molecular weight excluding hydrogens is 340 g/mol. The van der Waals surface area contributed by atoms with E-state index in [9.17, 15) is 4.79 Å². The van der Waals surface area contributed by atoms with Gasteiger partial charge in [0.15, 0.2) is 0 Å². The Morgan fingerprint density at radius 3 is 2.52 bits per heavy atom. The van der Waals surface area contributed by atoms with Crippen molar-refractivity contribution >= 4 is 5.91 Å². The van der Waals surface area contributed by atoms with Crippen LogP contribution in [-0.2, 0) is 17.8 Å². The van der Waals surface area contributed by atoms with Crippen molar-refractivity contribution in [2.75, 3.05) is 13.1 Å². The van der Waals surface area contributed by atoms with E-state index in [1.54, 1.807) is 6.20 Å². The summed E-state index contributed by atoms with van der Waals surface area (Å²) < 4.78 is 7.61. The second-order valence-electron chi connectivity index (χ2n) is 6.75. The summed E-state index contributed by atoms with van der Waals surface area (Å²) in [6, 6.07) is 18.3. The van der Waals surface area contributed by atoms with Crippen molar-refractivity contribution in [3.63, 3.8) is 0 Å². The lowest BCUT2D eigenvalue weighted by molar-refractivity contribution is -0.137. The number of aryl methyl sites for hydroxylation is 1. The van der Waals surface area contributed by atoms with E-state index in [2.05, 4.69) is 10.3 Å². The Labute approximate surface area is 158 Å². The van der Waals surface area contributed by atoms with Gasteiger partial charge in [0.05, 0.1) is 12.2 Å². The molecular formula is C21H22N4O2. The maximum atomic E-state index is 12.3. The second kappa shape index (κ2) is 8.03. The topological polar surface area (TPSA) is 60.2 Å². The summed E-state index contributed by atoms with van der Waals surface area (Å²) in [6.07, 6.45) is 4.77. The summed E-state index contributed by atoms with van der Waals surface area (Å²) in [5.74, 6) is 1.03. The molecule has 1 amide bonds. The molecule has 0 atom stereocenters. The van der Waals surface area contributed by atoms with Crippen LogP contribution in [0.2, 0.25) is 0 Å². The van der Waals surface area contributed by atoms with Gasteiger partial charge in [0, 0.05) is 25.7 Å². The molecule has 0 saturated carbocycles. The molecule has 1 aliphatic rings. The Balaban J connectivity index is 1.20. The van der Waals surface area contributed by atoms with Crippen molar-refractivity contribution < 1.29 is 9.53 Å². The minimum Gasteiger partial charge on any atom is -0.489 e. The monoisotopic (exact) mass is 362 g/mol. The number of hydrogen-bond acceptors (Lipinski definition) is 4. The van der Waals surface area contributed by atoms with Gasteiger partial charge < -0.3 is 9.64 Å². The zero-order chi connectivity index (χ0) is 18.5. The first-order valence-corrected chi connectivity index (χ1v) is 9.17. The molecule has 1 fully saturated rings. The molecule has 2 heterocycles. The highest BCUT2D eigenvalue weighted by molar-refractivity contribution is 5.77. The van der Waals surface area contributed by atoms with Crippen LogP contribution in [0.15, 0.2) is 67.0 Å². The van der Waals surface area contributed by atoms with Crippen LogP contribution in [0.5, 0.6) is 5.75 Å². The first-order chi connectivity index (χ1) is 13.3. The smallest absolute Gasteiger partial charge is 0.223 e. The minimum atomic E-state index is 0.191. The molecule has 0 aliphatic carbocycles. The maximum absolute atomic E-state index is 12.3. The fraction of sp³-hybridized carbons (Fsp3) is 0.286. The molecule has 0 N–H and O–H groups in total. The SMILES string of the molecule is O=C(CCc1ccc(OCc2ccccc2)cc1)N1CC(n2ccnn2)C1. The van der Waals surface area contributed by atoms with Crippen LogP contribution in [0.3, 0.4) is 0 Å². The number of rotatable bonds is 7. The van der Waals surface area contributed by atoms with Gasteiger partial charge in [0.2, 0.25) is 5.91 Å². The van der Waals surface area contributed by atoms with Gasteiger partial charge in [-0.25, -0.2) is 4.68 Å². The van der Waals surface area contributed by atoms with Crippen molar-refractivity contribution in [3.05, 3.63) is 78.1 Å². The van der Waals surface area contributed by atoms with E-state index in [1.807, 2.05) is 70.4 Å². The van der Waals surface area contributed by atoms with E-state index in [4.69, 9.17) is 4.74 Å². The van der Waals surface area contributed by atoms with E-state index in [0.717, 1.165) is 23.3 Å². The highest BCUT2D eigenvalue weighted by Crippen LogP contribution is 2.21. The van der Waals surface area contributed by atoms with Crippen molar-refractivity contribution in [2.45, 2.75) is 25.5 Å². The Hall–Kier alpha value is -3.15. The molecule has 0 unspecified atom stereocenters. The van der Waals surface area contributed by atoms with Crippen molar-refractivity contribution in [1.29, 1.82) is 0 Å². The van der Waals surface area contributed by atoms with E-state index >= 15 is 0 Å². The third-order valence-corrected chi connectivity index (χ3v) is 4.83. The molecule has 1 saturated heterocycles. The molecule has 3 aromatic rings. The van der Waals surface area contributed by atoms with Crippen LogP contribution in [0.1, 0.15) is 23.6 Å². The fourth-order valence-corrected chi connectivity index (χ4v) is 3.14. The Kier molecular flexibility index (Phi) is 5.14. The number of ether oxygens (including phenoxy) is 1. The lowest BCUT2D eigenvalue weighted by Crippen LogP contribution is -2.50. The number of carbonyl (C=O) groups is 1. The summed E-state index contributed by atoms with van der Waals surface area (Å²) in [4.78, 5) is 14.2. The zero-order valence-corrected chi connectivity index (χ0v) is 15.1. The number of likely N-dealkylation sites (tertiary alicyclic amines) is 1. The quantitative estimate of drug-likeness (QED) is 0.648. The van der Waals surface area contributed by atoms with E-state index in [0.29, 0.717) is 26.1 Å². The molecule has 6 heteroatoms. The van der Waals surface area contributed by atoms with Gasteiger partial charge in [-0.3, -0.25) is 4.79 Å². The van der Waals surface area contributed by atoms with Crippen molar-refractivity contribution in [2.24, 2.45) is 0 Å². The zero-order valence-electron chi connectivity index (χ0n) is 15.1. The van der Waals surface area contributed by atoms with Gasteiger partial charge in [-0.05, 0) is 29.7 Å².